The first-order chi connectivity index (χ1) is 12.6. The zero-order valence-corrected chi connectivity index (χ0v) is 13.8. The summed E-state index contributed by atoms with van der Waals surface area (Å²) < 4.78 is 53.6. The summed E-state index contributed by atoms with van der Waals surface area (Å²) in [5.41, 5.74) is -0.741. The third-order valence-electron chi connectivity index (χ3n) is 3.89. The number of likely N-dealkylation sites (tertiary alicyclic amines) is 1. The van der Waals surface area contributed by atoms with Gasteiger partial charge in [-0.25, -0.2) is 4.79 Å². The molecule has 2 amide bonds. The quantitative estimate of drug-likeness (QED) is 0.481. The van der Waals surface area contributed by atoms with Gasteiger partial charge in [0.05, 0.1) is 4.92 Å². The first-order valence-corrected chi connectivity index (χ1v) is 7.80. The van der Waals surface area contributed by atoms with E-state index in [0.29, 0.717) is 0 Å². The summed E-state index contributed by atoms with van der Waals surface area (Å²) in [6, 6.07) is 2.91. The largest absolute Gasteiger partial charge is 0.440 e. The number of nitro groups is 1. The van der Waals surface area contributed by atoms with Gasteiger partial charge in [0.2, 0.25) is 11.7 Å². The fraction of sp³-hybridized carbons (Fsp3) is 0.467. The molecule has 148 valence electrons. The standard InChI is InChI=1S/C15H15F4N3O5/c16-11-2-1-10(7-12(11)22(25)26)20-13(23)9-3-5-21(6-4-9)14(24)27-8-15(17,18)19/h1-2,7,9H,3-6,8H2,(H,20,23). The summed E-state index contributed by atoms with van der Waals surface area (Å²) in [5, 5.41) is 13.1. The van der Waals surface area contributed by atoms with Crippen molar-refractivity contribution in [2.24, 2.45) is 5.92 Å². The van der Waals surface area contributed by atoms with E-state index >= 15 is 0 Å². The number of carbonyl (C=O) groups is 2. The molecule has 1 aromatic carbocycles. The number of carbonyl (C=O) groups excluding carboxylic acids is 2. The van der Waals surface area contributed by atoms with Crippen molar-refractivity contribution in [1.82, 2.24) is 4.90 Å². The molecule has 1 heterocycles. The Balaban J connectivity index is 1.87. The summed E-state index contributed by atoms with van der Waals surface area (Å²) >= 11 is 0. The molecule has 0 spiro atoms. The van der Waals surface area contributed by atoms with Crippen LogP contribution in [0, 0.1) is 21.8 Å². The van der Waals surface area contributed by atoms with Gasteiger partial charge in [0, 0.05) is 30.8 Å². The predicted octanol–water partition coefficient (Wildman–Crippen LogP) is 3.08. The molecule has 1 N–H and O–H groups in total. The summed E-state index contributed by atoms with van der Waals surface area (Å²) in [6.07, 6.45) is -5.38. The van der Waals surface area contributed by atoms with Crippen molar-refractivity contribution >= 4 is 23.4 Å². The Morgan fingerprint density at radius 1 is 1.30 bits per heavy atom. The lowest BCUT2D eigenvalue weighted by Crippen LogP contribution is -2.42. The Morgan fingerprint density at radius 3 is 2.48 bits per heavy atom. The number of nitrogens with zero attached hydrogens (tertiary/aromatic N) is 2. The Labute approximate surface area is 150 Å². The van der Waals surface area contributed by atoms with Crippen LogP contribution in [0.5, 0.6) is 0 Å². The number of rotatable bonds is 4. The number of piperidine rings is 1. The number of benzene rings is 1. The first kappa shape index (κ1) is 20.4. The van der Waals surface area contributed by atoms with Gasteiger partial charge in [0.25, 0.3) is 0 Å². The van der Waals surface area contributed by atoms with Crippen LogP contribution in [0.2, 0.25) is 0 Å². The molecular weight excluding hydrogens is 378 g/mol. The summed E-state index contributed by atoms with van der Waals surface area (Å²) in [6.45, 7) is -1.63. The van der Waals surface area contributed by atoms with Crippen molar-refractivity contribution < 1.29 is 36.8 Å². The van der Waals surface area contributed by atoms with Gasteiger partial charge in [-0.05, 0) is 25.0 Å². The minimum absolute atomic E-state index is 0.0261. The molecular formula is C15H15F4N3O5. The van der Waals surface area contributed by atoms with Crippen LogP contribution in [-0.4, -0.2) is 47.7 Å². The fourth-order valence-corrected chi connectivity index (χ4v) is 2.53. The van der Waals surface area contributed by atoms with Crippen LogP contribution < -0.4 is 5.32 Å². The topological polar surface area (TPSA) is 102 Å². The molecule has 0 saturated carbocycles. The van der Waals surface area contributed by atoms with Crippen molar-refractivity contribution in [1.29, 1.82) is 0 Å². The van der Waals surface area contributed by atoms with Crippen LogP contribution >= 0.6 is 0 Å². The molecule has 0 aliphatic carbocycles. The number of hydrogen-bond donors (Lipinski definition) is 1. The fourth-order valence-electron chi connectivity index (χ4n) is 2.53. The van der Waals surface area contributed by atoms with Gasteiger partial charge in [0.1, 0.15) is 0 Å². The molecule has 1 aromatic rings. The van der Waals surface area contributed by atoms with E-state index in [1.807, 2.05) is 0 Å². The zero-order valence-electron chi connectivity index (χ0n) is 13.8. The number of anilines is 1. The van der Waals surface area contributed by atoms with Crippen LogP contribution in [-0.2, 0) is 9.53 Å². The molecule has 12 heteroatoms. The number of alkyl halides is 3. The van der Waals surface area contributed by atoms with E-state index in [1.54, 1.807) is 0 Å². The highest BCUT2D eigenvalue weighted by Gasteiger charge is 2.33. The van der Waals surface area contributed by atoms with Gasteiger partial charge in [-0.3, -0.25) is 14.9 Å². The first-order valence-electron chi connectivity index (χ1n) is 7.80. The molecule has 1 aliphatic rings. The lowest BCUT2D eigenvalue weighted by Gasteiger charge is -2.30. The van der Waals surface area contributed by atoms with Gasteiger partial charge >= 0.3 is 18.0 Å². The van der Waals surface area contributed by atoms with Gasteiger partial charge in [0.15, 0.2) is 6.61 Å². The van der Waals surface area contributed by atoms with Crippen LogP contribution in [0.1, 0.15) is 12.8 Å². The van der Waals surface area contributed by atoms with E-state index in [-0.39, 0.29) is 31.6 Å². The van der Waals surface area contributed by atoms with E-state index in [2.05, 4.69) is 10.1 Å². The summed E-state index contributed by atoms with van der Waals surface area (Å²) in [5.74, 6) is -2.08. The van der Waals surface area contributed by atoms with Gasteiger partial charge < -0.3 is 15.0 Å². The third-order valence-corrected chi connectivity index (χ3v) is 3.89. The second-order valence-corrected chi connectivity index (χ2v) is 5.84. The van der Waals surface area contributed by atoms with Crippen molar-refractivity contribution in [3.8, 4) is 0 Å². The molecule has 0 aromatic heterocycles. The number of nitro benzene ring substituents is 1. The maximum atomic E-state index is 13.3. The molecule has 1 saturated heterocycles. The van der Waals surface area contributed by atoms with Crippen molar-refractivity contribution in [3.05, 3.63) is 34.1 Å². The predicted molar refractivity (Wildman–Crippen MR) is 83.4 cm³/mol. The second-order valence-electron chi connectivity index (χ2n) is 5.84. The van der Waals surface area contributed by atoms with Crippen LogP contribution in [0.15, 0.2) is 18.2 Å². The highest BCUT2D eigenvalue weighted by Crippen LogP contribution is 2.24. The smallest absolute Gasteiger partial charge is 0.422 e. The molecule has 0 unspecified atom stereocenters. The third kappa shape index (κ3) is 5.79. The SMILES string of the molecule is O=C(Nc1ccc(F)c([N+](=O)[O-])c1)C1CCN(C(=O)OCC(F)(F)F)CC1. The van der Waals surface area contributed by atoms with E-state index in [4.69, 9.17) is 0 Å². The maximum absolute atomic E-state index is 13.3. The Hall–Kier alpha value is -2.92. The number of ether oxygens (including phenoxy) is 1. The van der Waals surface area contributed by atoms with Crippen molar-refractivity contribution in [2.45, 2.75) is 19.0 Å². The number of nitrogens with one attached hydrogen (secondary N) is 1. The van der Waals surface area contributed by atoms with Crippen molar-refractivity contribution in [3.63, 3.8) is 0 Å². The highest BCUT2D eigenvalue weighted by molar-refractivity contribution is 5.93. The number of halogens is 4. The average molecular weight is 393 g/mol. The number of amides is 2. The van der Waals surface area contributed by atoms with E-state index in [9.17, 15) is 37.3 Å². The second kappa shape index (κ2) is 8.18. The van der Waals surface area contributed by atoms with Gasteiger partial charge in [-0.1, -0.05) is 0 Å². The molecule has 0 atom stereocenters. The monoisotopic (exact) mass is 393 g/mol. The molecule has 1 fully saturated rings. The molecule has 0 radical (unpaired) electrons. The van der Waals surface area contributed by atoms with Gasteiger partial charge in [-0.2, -0.15) is 17.6 Å². The lowest BCUT2D eigenvalue weighted by molar-refractivity contribution is -0.387. The average Bonchev–Trinajstić information content (AvgIpc) is 2.60. The number of hydrogen-bond acceptors (Lipinski definition) is 5. The molecule has 27 heavy (non-hydrogen) atoms. The van der Waals surface area contributed by atoms with E-state index < -0.39 is 47.1 Å². The maximum Gasteiger partial charge on any atom is 0.422 e. The summed E-state index contributed by atoms with van der Waals surface area (Å²) in [4.78, 5) is 34.6. The van der Waals surface area contributed by atoms with Crippen molar-refractivity contribution in [2.75, 3.05) is 25.0 Å². The van der Waals surface area contributed by atoms with Crippen LogP contribution in [0.25, 0.3) is 0 Å². The van der Waals surface area contributed by atoms with Gasteiger partial charge in [-0.15, -0.1) is 0 Å². The minimum Gasteiger partial charge on any atom is -0.440 e. The van der Waals surface area contributed by atoms with Crippen LogP contribution in [0.3, 0.4) is 0 Å². The van der Waals surface area contributed by atoms with E-state index in [1.165, 1.54) is 6.07 Å². The molecule has 1 aliphatic heterocycles. The van der Waals surface area contributed by atoms with Crippen LogP contribution in [0.4, 0.5) is 33.7 Å². The molecule has 2 rings (SSSR count). The Bertz CT molecular complexity index is 733. The Morgan fingerprint density at radius 2 is 1.93 bits per heavy atom. The normalized spacial score (nSPS) is 15.3. The lowest BCUT2D eigenvalue weighted by atomic mass is 9.96. The highest BCUT2D eigenvalue weighted by atomic mass is 19.4. The Kier molecular flexibility index (Phi) is 6.18. The summed E-state index contributed by atoms with van der Waals surface area (Å²) in [7, 11) is 0. The minimum atomic E-state index is -4.62. The molecule has 8 nitrogen and oxygen atoms in total. The molecule has 0 bridgehead atoms. The zero-order chi connectivity index (χ0) is 20.2. The van der Waals surface area contributed by atoms with E-state index in [0.717, 1.165) is 17.0 Å².